The Morgan fingerprint density at radius 3 is 1.56 bits per heavy atom. The lowest BCUT2D eigenvalue weighted by molar-refractivity contribution is 1.19. The van der Waals surface area contributed by atoms with Gasteiger partial charge in [-0.05, 0) is 64.7 Å². The van der Waals surface area contributed by atoms with Crippen LogP contribution in [0.2, 0.25) is 0 Å². The lowest BCUT2D eigenvalue weighted by atomic mass is 9.99. The van der Waals surface area contributed by atoms with E-state index in [2.05, 4.69) is 187 Å². The number of thiophene rings is 1. The Kier molecular flexibility index (Phi) is 6.71. The lowest BCUT2D eigenvalue weighted by Gasteiger charge is -2.12. The Hall–Kier alpha value is -6.29. The smallest absolute Gasteiger partial charge is 0.0716 e. The maximum atomic E-state index is 5.27. The number of fused-ring (bicyclic) bond motifs is 6. The zero-order valence-electron chi connectivity index (χ0n) is 27.1. The number of benzene rings is 7. The summed E-state index contributed by atoms with van der Waals surface area (Å²) in [6, 6.07) is 65.6. The summed E-state index contributed by atoms with van der Waals surface area (Å²) >= 11 is 1.86. The van der Waals surface area contributed by atoms with E-state index < -0.39 is 0 Å². The third kappa shape index (κ3) is 4.82. The summed E-state index contributed by atoms with van der Waals surface area (Å²) in [5.74, 6) is 0. The molecule has 0 aliphatic heterocycles. The van der Waals surface area contributed by atoms with Gasteiger partial charge in [-0.1, -0.05) is 140 Å². The number of nitrogens with zero attached hydrogens (tertiary/aromatic N) is 2. The molecule has 0 aliphatic rings. The van der Waals surface area contributed by atoms with Crippen LogP contribution in [0.15, 0.2) is 182 Å². The third-order valence-electron chi connectivity index (χ3n) is 9.79. The van der Waals surface area contributed by atoms with Crippen molar-refractivity contribution in [3.05, 3.63) is 182 Å². The molecule has 0 spiro atoms. The van der Waals surface area contributed by atoms with Crippen LogP contribution in [0.5, 0.6) is 0 Å². The van der Waals surface area contributed by atoms with Crippen LogP contribution < -0.4 is 0 Å². The fourth-order valence-corrected chi connectivity index (χ4v) is 8.49. The zero-order valence-corrected chi connectivity index (χ0v) is 27.9. The summed E-state index contributed by atoms with van der Waals surface area (Å²) in [6.45, 7) is 0. The third-order valence-corrected chi connectivity index (χ3v) is 10.9. The van der Waals surface area contributed by atoms with Crippen molar-refractivity contribution in [2.75, 3.05) is 0 Å². The summed E-state index contributed by atoms with van der Waals surface area (Å²) < 4.78 is 5.05. The van der Waals surface area contributed by atoms with Crippen LogP contribution in [0, 0.1) is 0 Å². The Morgan fingerprint density at radius 2 is 0.860 bits per heavy atom. The zero-order chi connectivity index (χ0) is 33.0. The van der Waals surface area contributed by atoms with Crippen LogP contribution in [0.1, 0.15) is 0 Å². The highest BCUT2D eigenvalue weighted by Crippen LogP contribution is 2.40. The fraction of sp³-hybridized carbons (Fsp3) is 0. The predicted molar refractivity (Wildman–Crippen MR) is 213 cm³/mol. The second kappa shape index (κ2) is 11.7. The van der Waals surface area contributed by atoms with E-state index in [4.69, 9.17) is 4.98 Å². The van der Waals surface area contributed by atoms with Crippen LogP contribution in [-0.2, 0) is 0 Å². The highest BCUT2D eigenvalue weighted by molar-refractivity contribution is 7.25. The van der Waals surface area contributed by atoms with Crippen LogP contribution in [0.4, 0.5) is 0 Å². The number of hydrogen-bond acceptors (Lipinski definition) is 2. The monoisotopic (exact) mass is 654 g/mol. The second-order valence-electron chi connectivity index (χ2n) is 12.8. The molecule has 0 radical (unpaired) electrons. The molecule has 0 N–H and O–H groups in total. The molecule has 0 bridgehead atoms. The van der Waals surface area contributed by atoms with Crippen LogP contribution in [0.25, 0.3) is 92.4 Å². The molecule has 0 atom stereocenters. The Balaban J connectivity index is 1.23. The average Bonchev–Trinajstić information content (AvgIpc) is 3.73. The second-order valence-corrected chi connectivity index (χ2v) is 13.9. The molecule has 50 heavy (non-hydrogen) atoms. The van der Waals surface area contributed by atoms with E-state index in [0.29, 0.717) is 0 Å². The minimum Gasteiger partial charge on any atom is -0.309 e. The molecule has 0 unspecified atom stereocenters. The number of rotatable bonds is 5. The van der Waals surface area contributed by atoms with Crippen molar-refractivity contribution >= 4 is 53.3 Å². The molecule has 3 aromatic heterocycles. The van der Waals surface area contributed by atoms with Gasteiger partial charge in [0.25, 0.3) is 0 Å². The standard InChI is InChI=1S/C47H30N2S/c1-4-12-31(13-5-1)34-20-23-38-39-24-21-35(43-27-36(32-14-6-2-7-15-32)26-42(48-43)33-16-8-3-9-17-33)29-45(39)49(44(38)28-34)37-22-25-41-40-18-10-11-19-46(40)50-47(41)30-37/h1-30H. The van der Waals surface area contributed by atoms with Crippen molar-refractivity contribution in [1.82, 2.24) is 9.55 Å². The van der Waals surface area contributed by atoms with Crippen molar-refractivity contribution in [1.29, 1.82) is 0 Å². The molecular weight excluding hydrogens is 625 g/mol. The molecular formula is C47H30N2S. The van der Waals surface area contributed by atoms with Gasteiger partial charge in [-0.25, -0.2) is 4.98 Å². The SMILES string of the molecule is c1ccc(-c2cc(-c3ccccc3)nc(-c3ccc4c5ccc(-c6ccccc6)cc5n(-c5ccc6c(c5)sc5ccccc56)c4c3)c2)cc1. The van der Waals surface area contributed by atoms with Gasteiger partial charge in [0.1, 0.15) is 0 Å². The average molecular weight is 655 g/mol. The minimum atomic E-state index is 0.953. The molecule has 2 nitrogen and oxygen atoms in total. The van der Waals surface area contributed by atoms with E-state index in [-0.39, 0.29) is 0 Å². The van der Waals surface area contributed by atoms with Crippen molar-refractivity contribution in [2.24, 2.45) is 0 Å². The molecule has 3 heterocycles. The summed E-state index contributed by atoms with van der Waals surface area (Å²) in [6.07, 6.45) is 0. The van der Waals surface area contributed by atoms with Crippen molar-refractivity contribution in [3.63, 3.8) is 0 Å². The van der Waals surface area contributed by atoms with Gasteiger partial charge < -0.3 is 4.57 Å². The quantitative estimate of drug-likeness (QED) is 0.181. The van der Waals surface area contributed by atoms with Crippen molar-refractivity contribution in [2.45, 2.75) is 0 Å². The van der Waals surface area contributed by atoms with Gasteiger partial charge >= 0.3 is 0 Å². The van der Waals surface area contributed by atoms with E-state index in [1.165, 1.54) is 53.2 Å². The molecule has 0 amide bonds. The summed E-state index contributed by atoms with van der Waals surface area (Å²) in [7, 11) is 0. The van der Waals surface area contributed by atoms with Gasteiger partial charge in [0.2, 0.25) is 0 Å². The molecule has 10 aromatic rings. The number of hydrogen-bond donors (Lipinski definition) is 0. The highest BCUT2D eigenvalue weighted by Gasteiger charge is 2.17. The molecule has 10 rings (SSSR count). The van der Waals surface area contributed by atoms with Gasteiger partial charge in [0.15, 0.2) is 0 Å². The van der Waals surface area contributed by atoms with Crippen LogP contribution in [0.3, 0.4) is 0 Å². The first-order valence-electron chi connectivity index (χ1n) is 17.0. The van der Waals surface area contributed by atoms with E-state index in [9.17, 15) is 0 Å². The van der Waals surface area contributed by atoms with Crippen LogP contribution >= 0.6 is 11.3 Å². The maximum absolute atomic E-state index is 5.27. The summed E-state index contributed by atoms with van der Waals surface area (Å²) in [5, 5.41) is 5.07. The fourth-order valence-electron chi connectivity index (χ4n) is 7.35. The Labute approximate surface area is 294 Å². The van der Waals surface area contributed by atoms with E-state index in [0.717, 1.165) is 39.3 Å². The molecule has 7 aromatic carbocycles. The van der Waals surface area contributed by atoms with Crippen LogP contribution in [-0.4, -0.2) is 9.55 Å². The van der Waals surface area contributed by atoms with E-state index >= 15 is 0 Å². The largest absolute Gasteiger partial charge is 0.309 e. The minimum absolute atomic E-state index is 0.953. The summed E-state index contributed by atoms with van der Waals surface area (Å²) in [5.41, 5.74) is 12.4. The number of pyridine rings is 1. The predicted octanol–water partition coefficient (Wildman–Crippen LogP) is 13.2. The Bertz CT molecular complexity index is 2790. The van der Waals surface area contributed by atoms with Gasteiger partial charge in [0.05, 0.1) is 22.4 Å². The molecule has 0 saturated carbocycles. The Morgan fingerprint density at radius 1 is 0.340 bits per heavy atom. The highest BCUT2D eigenvalue weighted by atomic mass is 32.1. The molecule has 0 fully saturated rings. The first-order valence-corrected chi connectivity index (χ1v) is 17.8. The van der Waals surface area contributed by atoms with E-state index in [1.54, 1.807) is 0 Å². The van der Waals surface area contributed by atoms with E-state index in [1.807, 2.05) is 11.3 Å². The first kappa shape index (κ1) is 28.7. The molecule has 234 valence electrons. The van der Waals surface area contributed by atoms with Gasteiger partial charge in [-0.2, -0.15) is 0 Å². The molecule has 0 aliphatic carbocycles. The van der Waals surface area contributed by atoms with Gasteiger partial charge in [0, 0.05) is 47.8 Å². The van der Waals surface area contributed by atoms with Crippen molar-refractivity contribution < 1.29 is 0 Å². The van der Waals surface area contributed by atoms with Crippen molar-refractivity contribution in [3.8, 4) is 50.5 Å². The maximum Gasteiger partial charge on any atom is 0.0716 e. The van der Waals surface area contributed by atoms with Gasteiger partial charge in [-0.3, -0.25) is 0 Å². The summed E-state index contributed by atoms with van der Waals surface area (Å²) in [4.78, 5) is 5.27. The normalized spacial score (nSPS) is 11.6. The first-order chi connectivity index (χ1) is 24.8. The lowest BCUT2D eigenvalue weighted by Crippen LogP contribution is -1.95. The molecule has 0 saturated heterocycles. The topological polar surface area (TPSA) is 17.8 Å². The number of aromatic nitrogens is 2. The molecule has 3 heteroatoms. The van der Waals surface area contributed by atoms with Gasteiger partial charge in [-0.15, -0.1) is 11.3 Å².